The molecule has 86 valence electrons. The van der Waals surface area contributed by atoms with Gasteiger partial charge in [0.25, 0.3) is 0 Å². The average Bonchev–Trinajstić information content (AvgIpc) is 2.89. The van der Waals surface area contributed by atoms with Crippen LogP contribution in [0.3, 0.4) is 0 Å². The van der Waals surface area contributed by atoms with Crippen molar-refractivity contribution in [1.82, 2.24) is 0 Å². The number of hydrogen-bond donors (Lipinski definition) is 0. The Morgan fingerprint density at radius 1 is 1.00 bits per heavy atom. The molecule has 0 aromatic carbocycles. The maximum atomic E-state index is 5.44. The summed E-state index contributed by atoms with van der Waals surface area (Å²) in [6.45, 7) is 8.11. The fourth-order valence-corrected chi connectivity index (χ4v) is 8.69. The summed E-state index contributed by atoms with van der Waals surface area (Å²) in [7, 11) is -0.921. The Bertz CT molecular complexity index is 137. The van der Waals surface area contributed by atoms with Crippen LogP contribution < -0.4 is 0 Å². The van der Waals surface area contributed by atoms with E-state index in [9.17, 15) is 0 Å². The zero-order valence-electron chi connectivity index (χ0n) is 10.1. The molecule has 2 heteroatoms. The van der Waals surface area contributed by atoms with Gasteiger partial charge >= 0.3 is 89.4 Å². The molecule has 0 amide bonds. The molecule has 0 bridgehead atoms. The van der Waals surface area contributed by atoms with Gasteiger partial charge in [0.2, 0.25) is 0 Å². The molecule has 1 rings (SSSR count). The third kappa shape index (κ3) is 3.87. The number of ether oxygens (including phenoxy) is 1. The molecule has 0 aromatic rings. The molecule has 0 aromatic heterocycles. The Balaban J connectivity index is 2.49. The topological polar surface area (TPSA) is 12.5 Å². The Labute approximate surface area is 89.9 Å². The molecule has 1 nitrogen and oxygen atoms in total. The number of rotatable bonds is 8. The van der Waals surface area contributed by atoms with E-state index >= 15 is 0 Å². The van der Waals surface area contributed by atoms with Gasteiger partial charge < -0.3 is 0 Å². The van der Waals surface area contributed by atoms with E-state index in [0.717, 1.165) is 6.61 Å². The number of epoxide rings is 1. The maximum absolute atomic E-state index is 5.44. The van der Waals surface area contributed by atoms with E-state index in [-0.39, 0.29) is 0 Å². The normalized spacial score (nSPS) is 22.4. The van der Waals surface area contributed by atoms with Crippen LogP contribution in [0.2, 0.25) is 0 Å². The van der Waals surface area contributed by atoms with Crippen molar-refractivity contribution in [2.24, 2.45) is 0 Å². The van der Waals surface area contributed by atoms with E-state index in [1.165, 1.54) is 43.9 Å². The molecule has 0 saturated carbocycles. The van der Waals surface area contributed by atoms with Crippen molar-refractivity contribution in [1.29, 1.82) is 0 Å². The van der Waals surface area contributed by atoms with E-state index in [1.54, 1.807) is 0 Å². The van der Waals surface area contributed by atoms with Crippen LogP contribution in [0.15, 0.2) is 0 Å². The summed E-state index contributed by atoms with van der Waals surface area (Å²) in [5, 5.41) is 0. The predicted molar refractivity (Wildman–Crippen MR) is 68.4 cm³/mol. The van der Waals surface area contributed by atoms with E-state index in [2.05, 4.69) is 20.8 Å². The molecule has 1 unspecified atom stereocenters. The second-order valence-electron chi connectivity index (χ2n) is 4.91. The molecule has 0 spiro atoms. The van der Waals surface area contributed by atoms with Crippen molar-refractivity contribution in [2.75, 3.05) is 31.3 Å². The second-order valence-corrected chi connectivity index (χ2v) is 9.82. The minimum absolute atomic E-state index is 0.673. The Hall–Kier alpha value is 0.390. The van der Waals surface area contributed by atoms with Crippen LogP contribution in [0.1, 0.15) is 40.0 Å². The molecule has 1 saturated heterocycles. The minimum atomic E-state index is -0.921. The molecule has 0 aliphatic carbocycles. The van der Waals surface area contributed by atoms with Crippen LogP contribution in [0, 0.1) is 0 Å². The van der Waals surface area contributed by atoms with Crippen LogP contribution in [-0.2, 0) is 4.74 Å². The van der Waals surface area contributed by atoms with Gasteiger partial charge in [-0.1, -0.05) is 0 Å². The number of hydrogen-bond acceptors (Lipinski definition) is 1. The molecular weight excluding hydrogens is 191 g/mol. The zero-order valence-corrected chi connectivity index (χ0v) is 11.1. The van der Waals surface area contributed by atoms with Crippen LogP contribution in [-0.4, -0.2) is 37.4 Å². The van der Waals surface area contributed by atoms with Gasteiger partial charge in [-0.3, -0.25) is 0 Å². The molecule has 1 fully saturated rings. The third-order valence-electron chi connectivity index (χ3n) is 3.40. The van der Waals surface area contributed by atoms with Gasteiger partial charge in [-0.05, 0) is 0 Å². The predicted octanol–water partition coefficient (Wildman–Crippen LogP) is 3.37. The zero-order chi connectivity index (χ0) is 10.4. The van der Waals surface area contributed by atoms with E-state index in [1.807, 2.05) is 0 Å². The molecule has 0 N–H and O–H groups in total. The molecule has 0 radical (unpaired) electrons. The standard InChI is InChI=1S/C12H27OP/c1-4-7-14(8-5-2,9-6-3)11-12-10-13-12/h12,14H,4-11H2,1-3H3. The van der Waals surface area contributed by atoms with Crippen LogP contribution >= 0.6 is 7.26 Å². The summed E-state index contributed by atoms with van der Waals surface area (Å²) < 4.78 is 5.44. The van der Waals surface area contributed by atoms with Gasteiger partial charge in [-0.15, -0.1) is 0 Å². The first-order valence-electron chi connectivity index (χ1n) is 6.38. The van der Waals surface area contributed by atoms with Crippen LogP contribution in [0.25, 0.3) is 0 Å². The summed E-state index contributed by atoms with van der Waals surface area (Å²) in [4.78, 5) is 0. The van der Waals surface area contributed by atoms with E-state index in [0.29, 0.717) is 6.10 Å². The third-order valence-corrected chi connectivity index (χ3v) is 9.41. The first-order valence-corrected chi connectivity index (χ1v) is 9.20. The van der Waals surface area contributed by atoms with Gasteiger partial charge in [0.15, 0.2) is 0 Å². The Morgan fingerprint density at radius 3 is 1.71 bits per heavy atom. The average molecular weight is 218 g/mol. The van der Waals surface area contributed by atoms with Gasteiger partial charge in [-0.25, -0.2) is 0 Å². The van der Waals surface area contributed by atoms with Gasteiger partial charge in [0.1, 0.15) is 0 Å². The Morgan fingerprint density at radius 2 is 1.43 bits per heavy atom. The summed E-state index contributed by atoms with van der Waals surface area (Å²) >= 11 is 0. The molecule has 14 heavy (non-hydrogen) atoms. The van der Waals surface area contributed by atoms with Crippen LogP contribution in [0.4, 0.5) is 0 Å². The van der Waals surface area contributed by atoms with Gasteiger partial charge in [0, 0.05) is 0 Å². The van der Waals surface area contributed by atoms with Crippen molar-refractivity contribution in [3.63, 3.8) is 0 Å². The van der Waals surface area contributed by atoms with Gasteiger partial charge in [0.05, 0.1) is 0 Å². The monoisotopic (exact) mass is 218 g/mol. The fourth-order valence-electron chi connectivity index (χ4n) is 2.94. The molecule has 1 aliphatic heterocycles. The fraction of sp³-hybridized carbons (Fsp3) is 1.00. The first kappa shape index (κ1) is 12.5. The summed E-state index contributed by atoms with van der Waals surface area (Å²) in [5.41, 5.74) is 0. The molecule has 1 atom stereocenters. The molecule has 1 aliphatic rings. The van der Waals surface area contributed by atoms with Crippen molar-refractivity contribution in [3.8, 4) is 0 Å². The van der Waals surface area contributed by atoms with Crippen LogP contribution in [0.5, 0.6) is 0 Å². The van der Waals surface area contributed by atoms with Crippen molar-refractivity contribution in [2.45, 2.75) is 46.1 Å². The Kier molecular flexibility index (Phi) is 5.41. The molecular formula is C12H27OP. The first-order chi connectivity index (χ1) is 6.76. The van der Waals surface area contributed by atoms with E-state index in [4.69, 9.17) is 4.74 Å². The summed E-state index contributed by atoms with van der Waals surface area (Å²) in [5.74, 6) is 0. The van der Waals surface area contributed by atoms with Gasteiger partial charge in [-0.2, -0.15) is 0 Å². The van der Waals surface area contributed by atoms with Crippen molar-refractivity contribution in [3.05, 3.63) is 0 Å². The quantitative estimate of drug-likeness (QED) is 0.449. The summed E-state index contributed by atoms with van der Waals surface area (Å²) in [6.07, 6.45) is 10.9. The summed E-state index contributed by atoms with van der Waals surface area (Å²) in [6, 6.07) is 0. The SMILES string of the molecule is CCC[PH](CCC)(CCC)CC1CO1. The second kappa shape index (κ2) is 6.08. The van der Waals surface area contributed by atoms with E-state index < -0.39 is 7.26 Å². The van der Waals surface area contributed by atoms with Crippen molar-refractivity contribution >= 4 is 7.26 Å². The molecule has 1 heterocycles. The van der Waals surface area contributed by atoms with Crippen molar-refractivity contribution < 1.29 is 4.74 Å².